The van der Waals surface area contributed by atoms with Crippen molar-refractivity contribution in [2.45, 2.75) is 25.9 Å². The molecule has 0 bridgehead atoms. The topological polar surface area (TPSA) is 24.5 Å². The fourth-order valence-corrected chi connectivity index (χ4v) is 2.33. The van der Waals surface area contributed by atoms with Crippen LogP contribution in [-0.2, 0) is 0 Å². The van der Waals surface area contributed by atoms with Gasteiger partial charge in [0.2, 0.25) is 0 Å². The van der Waals surface area contributed by atoms with Crippen LogP contribution in [0, 0.1) is 0 Å². The molecular formula is C13H20N2O. The van der Waals surface area contributed by atoms with Crippen LogP contribution in [-0.4, -0.2) is 32.3 Å². The van der Waals surface area contributed by atoms with Crippen molar-refractivity contribution in [2.75, 3.05) is 25.1 Å². The molecule has 2 atom stereocenters. The average Bonchev–Trinajstić information content (AvgIpc) is 2.28. The van der Waals surface area contributed by atoms with Crippen molar-refractivity contribution in [1.82, 2.24) is 5.32 Å². The van der Waals surface area contributed by atoms with Gasteiger partial charge in [0.15, 0.2) is 0 Å². The van der Waals surface area contributed by atoms with Crippen LogP contribution >= 0.6 is 0 Å². The smallest absolute Gasteiger partial charge is 0.119 e. The van der Waals surface area contributed by atoms with Gasteiger partial charge in [0.1, 0.15) is 5.75 Å². The monoisotopic (exact) mass is 220 g/mol. The molecule has 0 radical (unpaired) electrons. The van der Waals surface area contributed by atoms with E-state index >= 15 is 0 Å². The highest BCUT2D eigenvalue weighted by Gasteiger charge is 2.20. The van der Waals surface area contributed by atoms with Crippen LogP contribution in [0.3, 0.4) is 0 Å². The first-order valence-electron chi connectivity index (χ1n) is 5.84. The predicted octanol–water partition coefficient (Wildman–Crippen LogP) is 1.88. The zero-order valence-electron chi connectivity index (χ0n) is 10.2. The third kappa shape index (κ3) is 2.47. The van der Waals surface area contributed by atoms with Crippen LogP contribution in [0.1, 0.15) is 13.8 Å². The molecule has 1 saturated heterocycles. The Balaban J connectivity index is 2.10. The van der Waals surface area contributed by atoms with Crippen molar-refractivity contribution in [3.63, 3.8) is 0 Å². The first kappa shape index (κ1) is 11.3. The van der Waals surface area contributed by atoms with Crippen LogP contribution in [0.5, 0.6) is 5.75 Å². The molecule has 1 fully saturated rings. The van der Waals surface area contributed by atoms with Crippen molar-refractivity contribution in [3.05, 3.63) is 24.3 Å². The van der Waals surface area contributed by atoms with Gasteiger partial charge >= 0.3 is 0 Å². The fourth-order valence-electron chi connectivity index (χ4n) is 2.33. The molecule has 1 aliphatic rings. The third-order valence-corrected chi connectivity index (χ3v) is 3.00. The van der Waals surface area contributed by atoms with E-state index in [2.05, 4.69) is 36.2 Å². The van der Waals surface area contributed by atoms with E-state index in [-0.39, 0.29) is 0 Å². The van der Waals surface area contributed by atoms with Gasteiger partial charge in [-0.3, -0.25) is 0 Å². The lowest BCUT2D eigenvalue weighted by atomic mass is 10.1. The molecule has 3 nitrogen and oxygen atoms in total. The van der Waals surface area contributed by atoms with Crippen LogP contribution in [0.25, 0.3) is 0 Å². The maximum atomic E-state index is 5.17. The summed E-state index contributed by atoms with van der Waals surface area (Å²) < 4.78 is 5.17. The number of ether oxygens (including phenoxy) is 1. The van der Waals surface area contributed by atoms with E-state index in [1.165, 1.54) is 5.69 Å². The molecule has 1 N–H and O–H groups in total. The van der Waals surface area contributed by atoms with Gasteiger partial charge in [-0.05, 0) is 38.1 Å². The lowest BCUT2D eigenvalue weighted by Gasteiger charge is -2.37. The molecule has 2 rings (SSSR count). The van der Waals surface area contributed by atoms with Crippen molar-refractivity contribution < 1.29 is 4.74 Å². The molecule has 3 heteroatoms. The second kappa shape index (κ2) is 4.74. The summed E-state index contributed by atoms with van der Waals surface area (Å²) in [6, 6.07) is 9.39. The molecule has 0 amide bonds. The summed E-state index contributed by atoms with van der Waals surface area (Å²) >= 11 is 0. The Kier molecular flexibility index (Phi) is 3.34. The first-order chi connectivity index (χ1) is 7.69. The molecule has 0 saturated carbocycles. The van der Waals surface area contributed by atoms with Gasteiger partial charge in [-0.15, -0.1) is 0 Å². The summed E-state index contributed by atoms with van der Waals surface area (Å²) in [7, 11) is 1.70. The van der Waals surface area contributed by atoms with E-state index < -0.39 is 0 Å². The number of methoxy groups -OCH3 is 1. The molecule has 1 aromatic carbocycles. The Labute approximate surface area is 97.4 Å². The number of nitrogens with one attached hydrogen (secondary N) is 1. The second-order valence-corrected chi connectivity index (χ2v) is 4.57. The van der Waals surface area contributed by atoms with Crippen LogP contribution in [0.15, 0.2) is 24.3 Å². The van der Waals surface area contributed by atoms with Crippen LogP contribution in [0.2, 0.25) is 0 Å². The summed E-state index contributed by atoms with van der Waals surface area (Å²) in [6.45, 7) is 6.59. The van der Waals surface area contributed by atoms with Gasteiger partial charge in [0, 0.05) is 30.9 Å². The van der Waals surface area contributed by atoms with E-state index in [1.807, 2.05) is 12.1 Å². The highest BCUT2D eigenvalue weighted by Crippen LogP contribution is 2.21. The Morgan fingerprint density at radius 3 is 2.19 bits per heavy atom. The second-order valence-electron chi connectivity index (χ2n) is 4.57. The first-order valence-corrected chi connectivity index (χ1v) is 5.84. The largest absolute Gasteiger partial charge is 0.497 e. The maximum Gasteiger partial charge on any atom is 0.119 e. The zero-order chi connectivity index (χ0) is 11.5. The van der Waals surface area contributed by atoms with Gasteiger partial charge in [-0.25, -0.2) is 0 Å². The Hall–Kier alpha value is -1.22. The van der Waals surface area contributed by atoms with E-state index in [0.717, 1.165) is 18.8 Å². The molecule has 0 aliphatic carbocycles. The van der Waals surface area contributed by atoms with Crippen LogP contribution < -0.4 is 15.0 Å². The average molecular weight is 220 g/mol. The molecule has 0 unspecified atom stereocenters. The lowest BCUT2D eigenvalue weighted by molar-refractivity contribution is 0.405. The number of rotatable bonds is 2. The van der Waals surface area contributed by atoms with Gasteiger partial charge in [-0.1, -0.05) is 0 Å². The highest BCUT2D eigenvalue weighted by molar-refractivity contribution is 5.49. The lowest BCUT2D eigenvalue weighted by Crippen LogP contribution is -2.54. The van der Waals surface area contributed by atoms with Crippen molar-refractivity contribution in [2.24, 2.45) is 0 Å². The van der Waals surface area contributed by atoms with Gasteiger partial charge < -0.3 is 15.0 Å². The molecule has 1 aliphatic heterocycles. The van der Waals surface area contributed by atoms with Gasteiger partial charge in [0.05, 0.1) is 7.11 Å². The number of benzene rings is 1. The Morgan fingerprint density at radius 2 is 1.69 bits per heavy atom. The minimum Gasteiger partial charge on any atom is -0.497 e. The molecule has 1 aromatic rings. The quantitative estimate of drug-likeness (QED) is 0.823. The Bertz CT molecular complexity index is 326. The standard InChI is InChI=1S/C13H20N2O/c1-10-8-15(9-11(2)14-10)12-4-6-13(16-3)7-5-12/h4-7,10-11,14H,8-9H2,1-3H3/t10-,11+. The number of piperazine rings is 1. The number of hydrogen-bond donors (Lipinski definition) is 1. The van der Waals surface area contributed by atoms with Crippen molar-refractivity contribution in [1.29, 1.82) is 0 Å². The van der Waals surface area contributed by atoms with E-state index in [4.69, 9.17) is 4.74 Å². The van der Waals surface area contributed by atoms with Crippen molar-refractivity contribution >= 4 is 5.69 Å². The van der Waals surface area contributed by atoms with E-state index in [0.29, 0.717) is 12.1 Å². The zero-order valence-corrected chi connectivity index (χ0v) is 10.2. The SMILES string of the molecule is COc1ccc(N2C[C@@H](C)N[C@@H](C)C2)cc1. The molecule has 0 aromatic heterocycles. The van der Waals surface area contributed by atoms with Gasteiger partial charge in [0.25, 0.3) is 0 Å². The normalized spacial score (nSPS) is 25.6. The summed E-state index contributed by atoms with van der Waals surface area (Å²) in [4.78, 5) is 2.42. The van der Waals surface area contributed by atoms with E-state index in [1.54, 1.807) is 7.11 Å². The van der Waals surface area contributed by atoms with Crippen LogP contribution in [0.4, 0.5) is 5.69 Å². The number of hydrogen-bond acceptors (Lipinski definition) is 3. The summed E-state index contributed by atoms with van der Waals surface area (Å²) in [5.74, 6) is 0.917. The van der Waals surface area contributed by atoms with E-state index in [9.17, 15) is 0 Å². The maximum absolute atomic E-state index is 5.17. The summed E-state index contributed by atoms with van der Waals surface area (Å²) in [5, 5.41) is 3.54. The predicted molar refractivity (Wildman–Crippen MR) is 67.3 cm³/mol. The highest BCUT2D eigenvalue weighted by atomic mass is 16.5. The minimum atomic E-state index is 0.547. The fraction of sp³-hybridized carbons (Fsp3) is 0.538. The number of anilines is 1. The third-order valence-electron chi connectivity index (χ3n) is 3.00. The minimum absolute atomic E-state index is 0.547. The summed E-state index contributed by atoms with van der Waals surface area (Å²) in [5.41, 5.74) is 1.28. The molecule has 0 spiro atoms. The molecule has 16 heavy (non-hydrogen) atoms. The Morgan fingerprint density at radius 1 is 1.12 bits per heavy atom. The molecular weight excluding hydrogens is 200 g/mol. The van der Waals surface area contributed by atoms with Gasteiger partial charge in [-0.2, -0.15) is 0 Å². The summed E-state index contributed by atoms with van der Waals surface area (Å²) in [6.07, 6.45) is 0. The van der Waals surface area contributed by atoms with Crippen molar-refractivity contribution in [3.8, 4) is 5.75 Å². The molecule has 1 heterocycles. The number of nitrogens with zero attached hydrogens (tertiary/aromatic N) is 1. The molecule has 88 valence electrons.